The number of benzene rings is 3. The highest BCUT2D eigenvalue weighted by molar-refractivity contribution is 14.1. The van der Waals surface area contributed by atoms with Gasteiger partial charge in [-0.2, -0.15) is 5.26 Å². The van der Waals surface area contributed by atoms with E-state index in [2.05, 4.69) is 45.7 Å². The van der Waals surface area contributed by atoms with Crippen molar-refractivity contribution in [1.29, 1.82) is 5.26 Å². The first-order chi connectivity index (χ1) is 18.0. The van der Waals surface area contributed by atoms with Crippen molar-refractivity contribution in [3.05, 3.63) is 92.0 Å². The molecule has 1 fully saturated rings. The van der Waals surface area contributed by atoms with E-state index in [0.29, 0.717) is 48.4 Å². The second kappa shape index (κ2) is 12.8. The van der Waals surface area contributed by atoms with E-state index >= 15 is 0 Å². The number of amides is 1. The molecule has 0 N–H and O–H groups in total. The third kappa shape index (κ3) is 6.76. The van der Waals surface area contributed by atoms with Crippen molar-refractivity contribution in [2.24, 2.45) is 0 Å². The summed E-state index contributed by atoms with van der Waals surface area (Å²) in [6, 6.07) is 23.4. The van der Waals surface area contributed by atoms with Crippen LogP contribution in [0.25, 0.3) is 6.08 Å². The lowest BCUT2D eigenvalue weighted by Crippen LogP contribution is -2.49. The summed E-state index contributed by atoms with van der Waals surface area (Å²) >= 11 is 8.45. The van der Waals surface area contributed by atoms with Gasteiger partial charge < -0.3 is 19.3 Å². The van der Waals surface area contributed by atoms with Gasteiger partial charge in [0.15, 0.2) is 11.5 Å². The van der Waals surface area contributed by atoms with Crippen LogP contribution in [-0.2, 0) is 11.4 Å². The number of anilines is 1. The van der Waals surface area contributed by atoms with E-state index in [4.69, 9.17) is 21.1 Å². The summed E-state index contributed by atoms with van der Waals surface area (Å²) in [6.45, 7) is 5.19. The summed E-state index contributed by atoms with van der Waals surface area (Å²) in [4.78, 5) is 17.2. The minimum absolute atomic E-state index is 0.0937. The quantitative estimate of drug-likeness (QED) is 0.170. The lowest BCUT2D eigenvalue weighted by atomic mass is 10.1. The highest BCUT2D eigenvalue weighted by atomic mass is 127. The largest absolute Gasteiger partial charge is 0.490 e. The van der Waals surface area contributed by atoms with Crippen molar-refractivity contribution < 1.29 is 14.3 Å². The van der Waals surface area contributed by atoms with Crippen LogP contribution in [0.15, 0.2) is 72.3 Å². The second-order valence-corrected chi connectivity index (χ2v) is 10.00. The molecule has 0 aromatic heterocycles. The number of para-hydroxylation sites is 1. The number of hydrogen-bond donors (Lipinski definition) is 0. The average molecular weight is 628 g/mol. The molecular weight excluding hydrogens is 601 g/mol. The number of carbonyl (C=O) groups is 1. The first-order valence-corrected chi connectivity index (χ1v) is 13.5. The Bertz CT molecular complexity index is 1320. The molecule has 6 nitrogen and oxygen atoms in total. The Morgan fingerprint density at radius 1 is 1.05 bits per heavy atom. The van der Waals surface area contributed by atoms with Crippen molar-refractivity contribution >= 4 is 51.9 Å². The fourth-order valence-electron chi connectivity index (χ4n) is 4.13. The normalized spacial score (nSPS) is 13.7. The fourth-order valence-corrected chi connectivity index (χ4v) is 5.10. The molecule has 1 saturated heterocycles. The van der Waals surface area contributed by atoms with Gasteiger partial charge in [0.1, 0.15) is 18.2 Å². The second-order valence-electron chi connectivity index (χ2n) is 8.43. The third-order valence-electron chi connectivity index (χ3n) is 6.01. The van der Waals surface area contributed by atoms with Crippen molar-refractivity contribution in [3.8, 4) is 17.6 Å². The molecule has 1 aliphatic heterocycles. The molecule has 0 saturated carbocycles. The zero-order valence-electron chi connectivity index (χ0n) is 20.5. The number of ether oxygens (including phenoxy) is 2. The fraction of sp³-hybridized carbons (Fsp3) is 0.241. The Morgan fingerprint density at radius 3 is 2.43 bits per heavy atom. The zero-order chi connectivity index (χ0) is 26.2. The average Bonchev–Trinajstić information content (AvgIpc) is 2.92. The van der Waals surface area contributed by atoms with Crippen LogP contribution >= 0.6 is 34.2 Å². The van der Waals surface area contributed by atoms with Gasteiger partial charge in [-0.1, -0.05) is 48.0 Å². The molecule has 3 aromatic carbocycles. The molecule has 8 heteroatoms. The molecule has 1 amide bonds. The SMILES string of the molecule is CCOc1cc(/C=C(/C#N)C(=O)N2CCN(c3ccccc3)CC2)cc(I)c1OCc1ccccc1Cl. The lowest BCUT2D eigenvalue weighted by Gasteiger charge is -2.36. The number of rotatable bonds is 8. The van der Waals surface area contributed by atoms with Gasteiger partial charge in [-0.15, -0.1) is 0 Å². The van der Waals surface area contributed by atoms with E-state index in [-0.39, 0.29) is 11.5 Å². The Balaban J connectivity index is 1.49. The molecule has 0 atom stereocenters. The molecule has 0 aliphatic carbocycles. The summed E-state index contributed by atoms with van der Waals surface area (Å²) < 4.78 is 12.7. The number of piperazine rings is 1. The van der Waals surface area contributed by atoms with E-state index in [1.165, 1.54) is 0 Å². The molecule has 0 bridgehead atoms. The third-order valence-corrected chi connectivity index (χ3v) is 7.18. The van der Waals surface area contributed by atoms with E-state index in [9.17, 15) is 10.1 Å². The summed E-state index contributed by atoms with van der Waals surface area (Å²) in [5, 5.41) is 10.4. The first-order valence-electron chi connectivity index (χ1n) is 12.0. The van der Waals surface area contributed by atoms with Crippen LogP contribution in [0.3, 0.4) is 0 Å². The molecular formula is C29H27ClIN3O3. The maximum atomic E-state index is 13.2. The molecule has 0 radical (unpaired) electrons. The topological polar surface area (TPSA) is 65.8 Å². The number of nitriles is 1. The predicted octanol–water partition coefficient (Wildman–Crippen LogP) is 6.18. The smallest absolute Gasteiger partial charge is 0.264 e. The maximum Gasteiger partial charge on any atom is 0.264 e. The van der Waals surface area contributed by atoms with Gasteiger partial charge in [0.25, 0.3) is 5.91 Å². The van der Waals surface area contributed by atoms with Gasteiger partial charge in [0, 0.05) is 42.5 Å². The molecule has 1 heterocycles. The zero-order valence-corrected chi connectivity index (χ0v) is 23.4. The summed E-state index contributed by atoms with van der Waals surface area (Å²) in [5.74, 6) is 0.887. The molecule has 37 heavy (non-hydrogen) atoms. The molecule has 1 aliphatic rings. The number of halogens is 2. The number of nitrogens with zero attached hydrogens (tertiary/aromatic N) is 3. The summed E-state index contributed by atoms with van der Waals surface area (Å²) in [6.07, 6.45) is 1.62. The molecule has 0 spiro atoms. The Hall–Kier alpha value is -3.22. The monoisotopic (exact) mass is 627 g/mol. The van der Waals surface area contributed by atoms with Crippen LogP contribution in [0.4, 0.5) is 5.69 Å². The molecule has 3 aromatic rings. The Labute approximate surface area is 236 Å². The number of hydrogen-bond acceptors (Lipinski definition) is 5. The summed E-state index contributed by atoms with van der Waals surface area (Å²) in [7, 11) is 0. The van der Waals surface area contributed by atoms with Crippen molar-refractivity contribution in [1.82, 2.24) is 4.90 Å². The minimum atomic E-state index is -0.262. The van der Waals surface area contributed by atoms with Gasteiger partial charge in [-0.3, -0.25) is 4.79 Å². The van der Waals surface area contributed by atoms with Gasteiger partial charge in [0.2, 0.25) is 0 Å². The molecule has 4 rings (SSSR count). The van der Waals surface area contributed by atoms with Gasteiger partial charge >= 0.3 is 0 Å². The lowest BCUT2D eigenvalue weighted by molar-refractivity contribution is -0.126. The van der Waals surface area contributed by atoms with Gasteiger partial charge in [-0.25, -0.2) is 0 Å². The van der Waals surface area contributed by atoms with Gasteiger partial charge in [-0.05, 0) is 71.5 Å². The highest BCUT2D eigenvalue weighted by Gasteiger charge is 2.24. The van der Waals surface area contributed by atoms with Crippen LogP contribution in [0.2, 0.25) is 5.02 Å². The highest BCUT2D eigenvalue weighted by Crippen LogP contribution is 2.36. The van der Waals surface area contributed by atoms with E-state index in [1.54, 1.807) is 17.0 Å². The van der Waals surface area contributed by atoms with E-state index in [0.717, 1.165) is 27.9 Å². The van der Waals surface area contributed by atoms with Crippen LogP contribution in [0.5, 0.6) is 11.5 Å². The van der Waals surface area contributed by atoms with E-state index in [1.807, 2.05) is 55.5 Å². The van der Waals surface area contributed by atoms with Gasteiger partial charge in [0.05, 0.1) is 10.2 Å². The maximum absolute atomic E-state index is 13.2. The van der Waals surface area contributed by atoms with Crippen LogP contribution in [0.1, 0.15) is 18.1 Å². The summed E-state index contributed by atoms with van der Waals surface area (Å²) in [5.41, 5.74) is 2.80. The predicted molar refractivity (Wildman–Crippen MR) is 155 cm³/mol. The molecule has 0 unspecified atom stereocenters. The van der Waals surface area contributed by atoms with Crippen molar-refractivity contribution in [2.45, 2.75) is 13.5 Å². The Kier molecular flexibility index (Phi) is 9.31. The number of carbonyl (C=O) groups excluding carboxylic acids is 1. The van der Waals surface area contributed by atoms with Crippen molar-refractivity contribution in [2.75, 3.05) is 37.7 Å². The van der Waals surface area contributed by atoms with Crippen LogP contribution < -0.4 is 14.4 Å². The van der Waals surface area contributed by atoms with Crippen molar-refractivity contribution in [3.63, 3.8) is 0 Å². The first kappa shape index (κ1) is 26.8. The minimum Gasteiger partial charge on any atom is -0.490 e. The molecule has 190 valence electrons. The standard InChI is InChI=1S/C29H27ClIN3O3/c1-2-36-27-18-21(17-26(31)28(27)37-20-22-8-6-7-11-25(22)30)16-23(19-32)29(35)34-14-12-33(13-15-34)24-9-4-3-5-10-24/h3-11,16-18H,2,12-15,20H2,1H3/b23-16-. The van der Waals surface area contributed by atoms with E-state index < -0.39 is 0 Å². The Morgan fingerprint density at radius 2 is 1.76 bits per heavy atom. The van der Waals surface area contributed by atoms with Crippen LogP contribution in [-0.4, -0.2) is 43.6 Å². The van der Waals surface area contributed by atoms with Crippen LogP contribution in [0, 0.1) is 14.9 Å².